The molecule has 0 aliphatic rings. The first-order chi connectivity index (χ1) is 7.45. The van der Waals surface area contributed by atoms with Crippen LogP contribution in [-0.2, 0) is 15.9 Å². The van der Waals surface area contributed by atoms with Crippen LogP contribution in [0.1, 0.15) is 5.56 Å². The standard InChI is InChI=1S/C10H14ClNO3S/c1-12(2)16(13,14)10-8(7-11)5-4-6-9(10)15-3/h4-6H,7H2,1-3H3. The number of hydrogen-bond donors (Lipinski definition) is 0. The molecule has 0 atom stereocenters. The first-order valence-electron chi connectivity index (χ1n) is 4.59. The molecule has 0 aliphatic heterocycles. The number of halogens is 1. The van der Waals surface area contributed by atoms with E-state index in [1.54, 1.807) is 18.2 Å². The Kier molecular flexibility index (Phi) is 4.18. The molecule has 0 saturated carbocycles. The Morgan fingerprint density at radius 1 is 1.38 bits per heavy atom. The normalized spacial score (nSPS) is 11.8. The Bertz CT molecular complexity index is 449. The van der Waals surface area contributed by atoms with Gasteiger partial charge in [0.1, 0.15) is 10.6 Å². The Labute approximate surface area is 101 Å². The van der Waals surface area contributed by atoms with Crippen LogP contribution in [0.5, 0.6) is 5.75 Å². The van der Waals surface area contributed by atoms with Gasteiger partial charge in [-0.1, -0.05) is 12.1 Å². The Hall–Kier alpha value is -0.780. The number of alkyl halides is 1. The molecule has 0 fully saturated rings. The van der Waals surface area contributed by atoms with Crippen LogP contribution < -0.4 is 4.74 Å². The zero-order chi connectivity index (χ0) is 12.3. The fourth-order valence-electron chi connectivity index (χ4n) is 1.30. The van der Waals surface area contributed by atoms with Crippen LogP contribution in [0.15, 0.2) is 23.1 Å². The summed E-state index contributed by atoms with van der Waals surface area (Å²) < 4.78 is 30.4. The van der Waals surface area contributed by atoms with E-state index in [9.17, 15) is 8.42 Å². The van der Waals surface area contributed by atoms with Gasteiger partial charge in [-0.05, 0) is 11.6 Å². The minimum Gasteiger partial charge on any atom is -0.495 e. The highest BCUT2D eigenvalue weighted by Crippen LogP contribution is 2.30. The van der Waals surface area contributed by atoms with Crippen molar-refractivity contribution in [1.29, 1.82) is 0 Å². The van der Waals surface area contributed by atoms with Crippen molar-refractivity contribution in [1.82, 2.24) is 4.31 Å². The van der Waals surface area contributed by atoms with Crippen LogP contribution in [0, 0.1) is 0 Å². The number of benzene rings is 1. The van der Waals surface area contributed by atoms with Crippen molar-refractivity contribution in [2.24, 2.45) is 0 Å². The maximum Gasteiger partial charge on any atom is 0.246 e. The van der Waals surface area contributed by atoms with Gasteiger partial charge < -0.3 is 4.74 Å². The molecular weight excluding hydrogens is 250 g/mol. The molecule has 0 spiro atoms. The predicted octanol–water partition coefficient (Wildman–Crippen LogP) is 1.68. The van der Waals surface area contributed by atoms with E-state index in [1.165, 1.54) is 21.2 Å². The minimum absolute atomic E-state index is 0.125. The van der Waals surface area contributed by atoms with Gasteiger partial charge in [0.15, 0.2) is 0 Å². The predicted molar refractivity (Wildman–Crippen MR) is 63.4 cm³/mol. The monoisotopic (exact) mass is 263 g/mol. The quantitative estimate of drug-likeness (QED) is 0.777. The van der Waals surface area contributed by atoms with E-state index in [4.69, 9.17) is 16.3 Å². The zero-order valence-corrected chi connectivity index (χ0v) is 11.0. The van der Waals surface area contributed by atoms with Crippen LogP contribution in [0.25, 0.3) is 0 Å². The fraction of sp³-hybridized carbons (Fsp3) is 0.400. The average Bonchev–Trinajstić information content (AvgIpc) is 2.27. The summed E-state index contributed by atoms with van der Waals surface area (Å²) in [5, 5.41) is 0. The van der Waals surface area contributed by atoms with Crippen molar-refractivity contribution in [2.75, 3.05) is 21.2 Å². The number of hydrogen-bond acceptors (Lipinski definition) is 3. The molecule has 90 valence electrons. The van der Waals surface area contributed by atoms with Crippen LogP contribution >= 0.6 is 11.6 Å². The van der Waals surface area contributed by atoms with E-state index < -0.39 is 10.0 Å². The molecule has 0 heterocycles. The summed E-state index contributed by atoms with van der Waals surface area (Å²) in [4.78, 5) is 0.137. The van der Waals surface area contributed by atoms with Crippen molar-refractivity contribution in [2.45, 2.75) is 10.8 Å². The van der Waals surface area contributed by atoms with Crippen molar-refractivity contribution in [3.05, 3.63) is 23.8 Å². The van der Waals surface area contributed by atoms with Crippen molar-refractivity contribution < 1.29 is 13.2 Å². The van der Waals surface area contributed by atoms with E-state index in [2.05, 4.69) is 0 Å². The lowest BCUT2D eigenvalue weighted by Crippen LogP contribution is -2.23. The summed E-state index contributed by atoms with van der Waals surface area (Å²) in [5.74, 6) is 0.437. The molecule has 0 N–H and O–H groups in total. The number of rotatable bonds is 4. The Balaban J connectivity index is 3.52. The van der Waals surface area contributed by atoms with Crippen molar-refractivity contribution in [3.8, 4) is 5.75 Å². The largest absolute Gasteiger partial charge is 0.495 e. The van der Waals surface area contributed by atoms with E-state index in [1.807, 2.05) is 0 Å². The minimum atomic E-state index is -3.54. The summed E-state index contributed by atoms with van der Waals surface area (Å²) in [7, 11) is 0.838. The first-order valence-corrected chi connectivity index (χ1v) is 6.57. The van der Waals surface area contributed by atoms with Gasteiger partial charge in [0.2, 0.25) is 10.0 Å². The van der Waals surface area contributed by atoms with Gasteiger partial charge in [0, 0.05) is 20.0 Å². The van der Waals surface area contributed by atoms with Gasteiger partial charge in [-0.2, -0.15) is 0 Å². The van der Waals surface area contributed by atoms with Gasteiger partial charge >= 0.3 is 0 Å². The van der Waals surface area contributed by atoms with Crippen molar-refractivity contribution >= 4 is 21.6 Å². The molecule has 0 radical (unpaired) electrons. The number of sulfonamides is 1. The third kappa shape index (κ3) is 2.31. The lowest BCUT2D eigenvalue weighted by Gasteiger charge is -2.16. The number of methoxy groups -OCH3 is 1. The third-order valence-electron chi connectivity index (χ3n) is 2.16. The molecule has 4 nitrogen and oxygen atoms in total. The maximum absolute atomic E-state index is 12.1. The molecule has 0 amide bonds. The van der Waals surface area contributed by atoms with Crippen LogP contribution in [0.2, 0.25) is 0 Å². The molecule has 0 aromatic heterocycles. The SMILES string of the molecule is COc1cccc(CCl)c1S(=O)(=O)N(C)C. The van der Waals surface area contributed by atoms with Crippen LogP contribution in [0.3, 0.4) is 0 Å². The second-order valence-corrected chi connectivity index (χ2v) is 5.73. The molecule has 6 heteroatoms. The number of ether oxygens (including phenoxy) is 1. The molecule has 16 heavy (non-hydrogen) atoms. The lowest BCUT2D eigenvalue weighted by molar-refractivity contribution is 0.399. The van der Waals surface area contributed by atoms with E-state index >= 15 is 0 Å². The summed E-state index contributed by atoms with van der Waals surface area (Å²) in [6.45, 7) is 0. The van der Waals surface area contributed by atoms with E-state index in [-0.39, 0.29) is 10.8 Å². The lowest BCUT2D eigenvalue weighted by atomic mass is 10.2. The molecule has 1 aromatic rings. The highest BCUT2D eigenvalue weighted by Gasteiger charge is 2.25. The van der Waals surface area contributed by atoms with Gasteiger partial charge in [0.05, 0.1) is 7.11 Å². The number of nitrogens with zero attached hydrogens (tertiary/aromatic N) is 1. The highest BCUT2D eigenvalue weighted by molar-refractivity contribution is 7.89. The second-order valence-electron chi connectivity index (χ2n) is 3.37. The van der Waals surface area contributed by atoms with Gasteiger partial charge in [-0.25, -0.2) is 12.7 Å². The summed E-state index contributed by atoms with van der Waals surface area (Å²) >= 11 is 5.73. The zero-order valence-electron chi connectivity index (χ0n) is 9.40. The van der Waals surface area contributed by atoms with E-state index in [0.717, 1.165) is 4.31 Å². The van der Waals surface area contributed by atoms with Gasteiger partial charge in [0.25, 0.3) is 0 Å². The summed E-state index contributed by atoms with van der Waals surface area (Å²) in [6, 6.07) is 4.99. The molecular formula is C10H14ClNO3S. The molecule has 0 aliphatic carbocycles. The molecule has 0 saturated heterocycles. The summed E-state index contributed by atoms with van der Waals surface area (Å²) in [5.41, 5.74) is 0.537. The van der Waals surface area contributed by atoms with Crippen LogP contribution in [-0.4, -0.2) is 33.9 Å². The Morgan fingerprint density at radius 3 is 2.44 bits per heavy atom. The van der Waals surface area contributed by atoms with Gasteiger partial charge in [-0.15, -0.1) is 11.6 Å². The van der Waals surface area contributed by atoms with Gasteiger partial charge in [-0.3, -0.25) is 0 Å². The molecule has 1 aromatic carbocycles. The summed E-state index contributed by atoms with van der Waals surface area (Å²) in [6.07, 6.45) is 0. The fourth-order valence-corrected chi connectivity index (χ4v) is 2.85. The van der Waals surface area contributed by atoms with E-state index in [0.29, 0.717) is 11.3 Å². The Morgan fingerprint density at radius 2 is 2.00 bits per heavy atom. The second kappa shape index (κ2) is 5.03. The third-order valence-corrected chi connectivity index (χ3v) is 4.39. The molecule has 1 rings (SSSR count). The first kappa shape index (κ1) is 13.3. The molecule has 0 unspecified atom stereocenters. The topological polar surface area (TPSA) is 46.6 Å². The smallest absolute Gasteiger partial charge is 0.246 e. The molecule has 0 bridgehead atoms. The highest BCUT2D eigenvalue weighted by atomic mass is 35.5. The average molecular weight is 264 g/mol. The van der Waals surface area contributed by atoms with Crippen LogP contribution in [0.4, 0.5) is 0 Å². The maximum atomic E-state index is 12.1. The van der Waals surface area contributed by atoms with Crippen molar-refractivity contribution in [3.63, 3.8) is 0 Å².